The van der Waals surface area contributed by atoms with Gasteiger partial charge in [0.1, 0.15) is 5.75 Å². The van der Waals surface area contributed by atoms with Gasteiger partial charge in [-0.05, 0) is 64.9 Å². The first kappa shape index (κ1) is 23.8. The van der Waals surface area contributed by atoms with E-state index in [0.29, 0.717) is 27.6 Å². The molecular formula is C27H21ClN2O5. The van der Waals surface area contributed by atoms with Crippen molar-refractivity contribution in [3.05, 3.63) is 101 Å². The van der Waals surface area contributed by atoms with E-state index in [2.05, 4.69) is 10.5 Å². The molecule has 0 heterocycles. The van der Waals surface area contributed by atoms with Crippen molar-refractivity contribution in [2.24, 2.45) is 5.10 Å². The number of amides is 1. The lowest BCUT2D eigenvalue weighted by molar-refractivity contribution is -0.123. The van der Waals surface area contributed by atoms with E-state index in [-0.39, 0.29) is 12.4 Å². The van der Waals surface area contributed by atoms with Crippen molar-refractivity contribution < 1.29 is 23.8 Å². The van der Waals surface area contributed by atoms with Crippen LogP contribution in [0.2, 0.25) is 5.02 Å². The van der Waals surface area contributed by atoms with Gasteiger partial charge in [-0.2, -0.15) is 5.10 Å². The molecular weight excluding hydrogens is 468 g/mol. The van der Waals surface area contributed by atoms with Crippen molar-refractivity contribution in [2.75, 3.05) is 13.7 Å². The van der Waals surface area contributed by atoms with Gasteiger partial charge in [-0.3, -0.25) is 4.79 Å². The fraction of sp³-hybridized carbons (Fsp3) is 0.0741. The zero-order valence-corrected chi connectivity index (χ0v) is 19.5. The third-order valence-electron chi connectivity index (χ3n) is 4.99. The highest BCUT2D eigenvalue weighted by molar-refractivity contribution is 6.30. The zero-order chi connectivity index (χ0) is 24.6. The molecule has 0 aliphatic heterocycles. The molecule has 0 bridgehead atoms. The highest BCUT2D eigenvalue weighted by atomic mass is 35.5. The number of hydrogen-bond acceptors (Lipinski definition) is 6. The first-order valence-corrected chi connectivity index (χ1v) is 11.0. The predicted octanol–water partition coefficient (Wildman–Crippen LogP) is 5.25. The molecule has 1 N–H and O–H groups in total. The molecule has 0 radical (unpaired) electrons. The van der Waals surface area contributed by atoms with Crippen LogP contribution in [0.4, 0.5) is 0 Å². The predicted molar refractivity (Wildman–Crippen MR) is 135 cm³/mol. The number of ether oxygens (including phenoxy) is 3. The Morgan fingerprint density at radius 1 is 0.943 bits per heavy atom. The summed E-state index contributed by atoms with van der Waals surface area (Å²) in [6, 6.07) is 24.7. The van der Waals surface area contributed by atoms with Crippen LogP contribution in [0.5, 0.6) is 17.2 Å². The Kier molecular flexibility index (Phi) is 7.60. The molecule has 7 nitrogen and oxygen atoms in total. The van der Waals surface area contributed by atoms with Crippen molar-refractivity contribution >= 4 is 40.5 Å². The Balaban J connectivity index is 1.37. The summed E-state index contributed by atoms with van der Waals surface area (Å²) in [5.41, 5.74) is 3.48. The molecule has 0 aliphatic rings. The Morgan fingerprint density at radius 2 is 1.71 bits per heavy atom. The number of nitrogens with one attached hydrogen (secondary N) is 1. The number of benzene rings is 4. The number of carbonyl (C=O) groups is 2. The van der Waals surface area contributed by atoms with Gasteiger partial charge in [0.2, 0.25) is 0 Å². The van der Waals surface area contributed by atoms with Crippen LogP contribution >= 0.6 is 11.6 Å². The molecule has 8 heteroatoms. The van der Waals surface area contributed by atoms with E-state index in [0.717, 1.165) is 10.8 Å². The van der Waals surface area contributed by atoms with Gasteiger partial charge >= 0.3 is 5.97 Å². The molecule has 1 amide bonds. The Bertz CT molecular complexity index is 1380. The molecule has 0 aliphatic carbocycles. The lowest BCUT2D eigenvalue weighted by atomic mass is 10.0. The second kappa shape index (κ2) is 11.2. The van der Waals surface area contributed by atoms with Crippen molar-refractivity contribution in [1.82, 2.24) is 5.43 Å². The van der Waals surface area contributed by atoms with Crippen LogP contribution in [-0.4, -0.2) is 31.8 Å². The third-order valence-corrected chi connectivity index (χ3v) is 5.24. The number of nitrogens with zero attached hydrogens (tertiary/aromatic N) is 1. The molecule has 4 aromatic carbocycles. The topological polar surface area (TPSA) is 86.2 Å². The average molecular weight is 489 g/mol. The Labute approximate surface area is 206 Å². The normalized spacial score (nSPS) is 10.8. The molecule has 0 atom stereocenters. The summed E-state index contributed by atoms with van der Waals surface area (Å²) in [7, 11) is 1.47. The van der Waals surface area contributed by atoms with Gasteiger partial charge in [-0.15, -0.1) is 0 Å². The first-order chi connectivity index (χ1) is 17.0. The monoisotopic (exact) mass is 488 g/mol. The van der Waals surface area contributed by atoms with Crippen molar-refractivity contribution in [1.29, 1.82) is 0 Å². The first-order valence-electron chi connectivity index (χ1n) is 10.6. The van der Waals surface area contributed by atoms with E-state index in [1.807, 2.05) is 36.4 Å². The second-order valence-electron chi connectivity index (χ2n) is 7.36. The van der Waals surface area contributed by atoms with E-state index in [1.165, 1.54) is 13.3 Å². The molecule has 0 spiro atoms. The van der Waals surface area contributed by atoms with Crippen LogP contribution in [0.3, 0.4) is 0 Å². The number of methoxy groups -OCH3 is 1. The smallest absolute Gasteiger partial charge is 0.344 e. The molecule has 0 unspecified atom stereocenters. The zero-order valence-electron chi connectivity index (χ0n) is 18.7. The molecule has 4 rings (SSSR count). The molecule has 4 aromatic rings. The van der Waals surface area contributed by atoms with Crippen molar-refractivity contribution in [3.8, 4) is 17.2 Å². The van der Waals surface area contributed by atoms with Crippen LogP contribution in [0.25, 0.3) is 10.8 Å². The third kappa shape index (κ3) is 6.16. The molecule has 35 heavy (non-hydrogen) atoms. The molecule has 0 saturated heterocycles. The standard InChI is InChI=1S/C27H21ClN2O5/c1-33-25-15-18(16-29-30-26(31)17-34-21-12-10-20(28)11-13-21)9-14-24(25)35-27(32)23-8-4-6-19-5-2-3-7-22(19)23/h2-16H,17H2,1H3,(H,30,31)/b29-16-. The van der Waals surface area contributed by atoms with Crippen molar-refractivity contribution in [3.63, 3.8) is 0 Å². The quantitative estimate of drug-likeness (QED) is 0.158. The summed E-state index contributed by atoms with van der Waals surface area (Å²) in [6.07, 6.45) is 1.44. The van der Waals surface area contributed by atoms with Crippen molar-refractivity contribution in [2.45, 2.75) is 0 Å². The summed E-state index contributed by atoms with van der Waals surface area (Å²) in [6.45, 7) is -0.203. The Hall–Kier alpha value is -4.36. The maximum absolute atomic E-state index is 12.8. The largest absolute Gasteiger partial charge is 0.493 e. The number of hydrogen-bond donors (Lipinski definition) is 1. The summed E-state index contributed by atoms with van der Waals surface area (Å²) >= 11 is 5.82. The van der Waals surface area contributed by atoms with Crippen LogP contribution in [0.15, 0.2) is 90.0 Å². The maximum Gasteiger partial charge on any atom is 0.344 e. The molecule has 176 valence electrons. The minimum absolute atomic E-state index is 0.203. The molecule has 0 saturated carbocycles. The lowest BCUT2D eigenvalue weighted by Crippen LogP contribution is -2.24. The van der Waals surface area contributed by atoms with Gasteiger partial charge in [-0.25, -0.2) is 10.2 Å². The van der Waals surface area contributed by atoms with E-state index in [1.54, 1.807) is 48.5 Å². The summed E-state index contributed by atoms with van der Waals surface area (Å²) in [5, 5.41) is 6.26. The number of carbonyl (C=O) groups excluding carboxylic acids is 2. The minimum Gasteiger partial charge on any atom is -0.493 e. The maximum atomic E-state index is 12.8. The van der Waals surface area contributed by atoms with E-state index in [9.17, 15) is 9.59 Å². The minimum atomic E-state index is -0.491. The average Bonchev–Trinajstić information content (AvgIpc) is 2.88. The summed E-state index contributed by atoms with van der Waals surface area (Å²) in [5.74, 6) is 0.216. The summed E-state index contributed by atoms with van der Waals surface area (Å²) in [4.78, 5) is 24.8. The highest BCUT2D eigenvalue weighted by Gasteiger charge is 2.15. The number of halogens is 1. The number of esters is 1. The van der Waals surface area contributed by atoms with Crippen LogP contribution < -0.4 is 19.6 Å². The van der Waals surface area contributed by atoms with Crippen LogP contribution in [0.1, 0.15) is 15.9 Å². The number of fused-ring (bicyclic) bond motifs is 1. The summed E-state index contributed by atoms with van der Waals surface area (Å²) < 4.78 is 16.3. The number of hydrazone groups is 1. The van der Waals surface area contributed by atoms with Gasteiger partial charge in [0, 0.05) is 5.02 Å². The SMILES string of the molecule is COc1cc(/C=N\NC(=O)COc2ccc(Cl)cc2)ccc1OC(=O)c1cccc2ccccc12. The Morgan fingerprint density at radius 3 is 2.51 bits per heavy atom. The van der Waals surface area contributed by atoms with E-state index >= 15 is 0 Å². The van der Waals surface area contributed by atoms with Gasteiger partial charge < -0.3 is 14.2 Å². The van der Waals surface area contributed by atoms with Gasteiger partial charge in [-0.1, -0.05) is 48.0 Å². The van der Waals surface area contributed by atoms with E-state index < -0.39 is 11.9 Å². The number of rotatable bonds is 8. The van der Waals surface area contributed by atoms with Crippen LogP contribution in [-0.2, 0) is 4.79 Å². The van der Waals surface area contributed by atoms with Gasteiger partial charge in [0.15, 0.2) is 18.1 Å². The highest BCUT2D eigenvalue weighted by Crippen LogP contribution is 2.29. The van der Waals surface area contributed by atoms with Gasteiger partial charge in [0.05, 0.1) is 18.9 Å². The lowest BCUT2D eigenvalue weighted by Gasteiger charge is -2.11. The van der Waals surface area contributed by atoms with E-state index in [4.69, 9.17) is 25.8 Å². The van der Waals surface area contributed by atoms with Crippen LogP contribution in [0, 0.1) is 0 Å². The van der Waals surface area contributed by atoms with Gasteiger partial charge in [0.25, 0.3) is 5.91 Å². The molecule has 0 aromatic heterocycles. The fourth-order valence-corrected chi connectivity index (χ4v) is 3.42. The second-order valence-corrected chi connectivity index (χ2v) is 7.80. The fourth-order valence-electron chi connectivity index (χ4n) is 3.30. The molecule has 0 fully saturated rings.